The molecule has 4 nitrogen and oxygen atoms in total. The van der Waals surface area contributed by atoms with Gasteiger partial charge in [0.1, 0.15) is 0 Å². The Bertz CT molecular complexity index is 351. The lowest BCUT2D eigenvalue weighted by molar-refractivity contribution is -0.144. The van der Waals surface area contributed by atoms with Gasteiger partial charge in [-0.15, -0.1) is 0 Å². The molecule has 1 atom stereocenters. The van der Waals surface area contributed by atoms with Crippen molar-refractivity contribution in [3.05, 3.63) is 30.1 Å². The molecule has 1 aromatic rings. The van der Waals surface area contributed by atoms with Crippen molar-refractivity contribution in [3.8, 4) is 0 Å². The monoisotopic (exact) mass is 222 g/mol. The van der Waals surface area contributed by atoms with Crippen LogP contribution in [0.15, 0.2) is 24.4 Å². The molecule has 0 spiro atoms. The van der Waals surface area contributed by atoms with Crippen molar-refractivity contribution in [1.29, 1.82) is 0 Å². The molecule has 0 aliphatic heterocycles. The van der Waals surface area contributed by atoms with Crippen LogP contribution in [0.25, 0.3) is 0 Å². The molecule has 1 rings (SSSR count). The summed E-state index contributed by atoms with van der Waals surface area (Å²) >= 11 is 0. The predicted molar refractivity (Wildman–Crippen MR) is 62.1 cm³/mol. The van der Waals surface area contributed by atoms with Gasteiger partial charge in [0.25, 0.3) is 0 Å². The average Bonchev–Trinajstić information content (AvgIpc) is 2.26. The van der Waals surface area contributed by atoms with E-state index < -0.39 is 11.5 Å². The minimum absolute atomic E-state index is 0.391. The van der Waals surface area contributed by atoms with Gasteiger partial charge in [-0.25, -0.2) is 4.79 Å². The highest BCUT2D eigenvalue weighted by Gasteiger charge is 2.35. The molecule has 0 fully saturated rings. The van der Waals surface area contributed by atoms with Crippen molar-refractivity contribution in [3.63, 3.8) is 0 Å². The Hall–Kier alpha value is -1.42. The Morgan fingerprint density at radius 1 is 1.56 bits per heavy atom. The first-order valence-corrected chi connectivity index (χ1v) is 5.36. The number of aliphatic carboxylic acids is 1. The van der Waals surface area contributed by atoms with Gasteiger partial charge in [0, 0.05) is 6.20 Å². The van der Waals surface area contributed by atoms with E-state index in [0.717, 1.165) is 0 Å². The molecule has 0 radical (unpaired) electrons. The summed E-state index contributed by atoms with van der Waals surface area (Å²) in [6, 6.07) is 5.29. The molecular weight excluding hydrogens is 204 g/mol. The van der Waals surface area contributed by atoms with Crippen LogP contribution in [0.5, 0.6) is 0 Å². The van der Waals surface area contributed by atoms with E-state index in [-0.39, 0.29) is 0 Å². The summed E-state index contributed by atoms with van der Waals surface area (Å²) in [5, 5.41) is 12.3. The standard InChI is InChI=1S/C12H18N2O2/c1-9(2)8-14-12(3,11(15)16)10-6-4-5-7-13-10/h4-7,9,14H,8H2,1-3H3,(H,15,16). The van der Waals surface area contributed by atoms with Gasteiger partial charge in [-0.2, -0.15) is 0 Å². The number of carboxylic acid groups (broad SMARTS) is 1. The Morgan fingerprint density at radius 2 is 2.25 bits per heavy atom. The van der Waals surface area contributed by atoms with Gasteiger partial charge in [0.05, 0.1) is 5.69 Å². The molecule has 0 aliphatic carbocycles. The van der Waals surface area contributed by atoms with Crippen LogP contribution in [0.4, 0.5) is 0 Å². The first-order chi connectivity index (χ1) is 7.47. The van der Waals surface area contributed by atoms with E-state index in [1.54, 1.807) is 31.3 Å². The summed E-state index contributed by atoms with van der Waals surface area (Å²) in [6.07, 6.45) is 1.60. The molecule has 1 aromatic heterocycles. The summed E-state index contributed by atoms with van der Waals surface area (Å²) in [4.78, 5) is 15.4. The lowest BCUT2D eigenvalue weighted by atomic mass is 9.96. The third kappa shape index (κ3) is 2.79. The molecule has 0 bridgehead atoms. The highest BCUT2D eigenvalue weighted by atomic mass is 16.4. The Kier molecular flexibility index (Phi) is 4.01. The minimum atomic E-state index is -1.12. The highest BCUT2D eigenvalue weighted by Crippen LogP contribution is 2.18. The van der Waals surface area contributed by atoms with Gasteiger partial charge in [-0.3, -0.25) is 10.3 Å². The number of nitrogens with zero attached hydrogens (tertiary/aromatic N) is 1. The van der Waals surface area contributed by atoms with Crippen LogP contribution in [0.2, 0.25) is 0 Å². The van der Waals surface area contributed by atoms with Crippen molar-refractivity contribution in [2.24, 2.45) is 5.92 Å². The maximum Gasteiger partial charge on any atom is 0.329 e. The first-order valence-electron chi connectivity index (χ1n) is 5.36. The minimum Gasteiger partial charge on any atom is -0.480 e. The number of nitrogens with one attached hydrogen (secondary N) is 1. The number of pyridine rings is 1. The van der Waals surface area contributed by atoms with Crippen LogP contribution in [-0.2, 0) is 10.3 Å². The van der Waals surface area contributed by atoms with E-state index in [0.29, 0.717) is 18.2 Å². The highest BCUT2D eigenvalue weighted by molar-refractivity contribution is 5.79. The smallest absolute Gasteiger partial charge is 0.329 e. The second kappa shape index (κ2) is 5.07. The van der Waals surface area contributed by atoms with E-state index in [1.165, 1.54) is 0 Å². The molecular formula is C12H18N2O2. The molecule has 0 saturated heterocycles. The molecule has 0 amide bonds. The maximum atomic E-state index is 11.3. The van der Waals surface area contributed by atoms with Crippen LogP contribution in [-0.4, -0.2) is 22.6 Å². The Balaban J connectivity index is 2.93. The van der Waals surface area contributed by atoms with E-state index in [2.05, 4.69) is 10.3 Å². The van der Waals surface area contributed by atoms with Crippen molar-refractivity contribution >= 4 is 5.97 Å². The first kappa shape index (κ1) is 12.6. The van der Waals surface area contributed by atoms with E-state index >= 15 is 0 Å². The summed E-state index contributed by atoms with van der Waals surface area (Å²) in [7, 11) is 0. The van der Waals surface area contributed by atoms with Gasteiger partial charge < -0.3 is 5.11 Å². The molecule has 88 valence electrons. The number of hydrogen-bond acceptors (Lipinski definition) is 3. The van der Waals surface area contributed by atoms with Crippen molar-refractivity contribution in [1.82, 2.24) is 10.3 Å². The summed E-state index contributed by atoms with van der Waals surface area (Å²) < 4.78 is 0. The molecule has 4 heteroatoms. The molecule has 0 aliphatic rings. The zero-order valence-electron chi connectivity index (χ0n) is 9.90. The van der Waals surface area contributed by atoms with Crippen molar-refractivity contribution in [2.45, 2.75) is 26.3 Å². The number of aromatic nitrogens is 1. The van der Waals surface area contributed by atoms with Crippen LogP contribution in [0, 0.1) is 5.92 Å². The fourth-order valence-electron chi connectivity index (χ4n) is 1.34. The molecule has 1 heterocycles. The lowest BCUT2D eigenvalue weighted by Crippen LogP contribution is -2.48. The predicted octanol–water partition coefficient (Wildman–Crippen LogP) is 1.63. The van der Waals surface area contributed by atoms with Gasteiger partial charge >= 0.3 is 5.97 Å². The summed E-state index contributed by atoms with van der Waals surface area (Å²) in [5.74, 6) is -0.519. The fraction of sp³-hybridized carbons (Fsp3) is 0.500. The molecule has 1 unspecified atom stereocenters. The zero-order valence-corrected chi connectivity index (χ0v) is 9.90. The SMILES string of the molecule is CC(C)CNC(C)(C(=O)O)c1ccccn1. The number of carbonyl (C=O) groups is 1. The lowest BCUT2D eigenvalue weighted by Gasteiger charge is -2.26. The van der Waals surface area contributed by atoms with Crippen LogP contribution in [0.1, 0.15) is 26.5 Å². The van der Waals surface area contributed by atoms with Gasteiger partial charge in [-0.05, 0) is 31.5 Å². The molecule has 2 N–H and O–H groups in total. The normalized spacial score (nSPS) is 14.8. The van der Waals surface area contributed by atoms with Gasteiger partial charge in [0.2, 0.25) is 0 Å². The number of rotatable bonds is 5. The topological polar surface area (TPSA) is 62.2 Å². The van der Waals surface area contributed by atoms with Crippen LogP contribution >= 0.6 is 0 Å². The second-order valence-electron chi connectivity index (χ2n) is 4.42. The average molecular weight is 222 g/mol. The quantitative estimate of drug-likeness (QED) is 0.794. The van der Waals surface area contributed by atoms with Gasteiger partial charge in [0.15, 0.2) is 5.54 Å². The van der Waals surface area contributed by atoms with Crippen molar-refractivity contribution < 1.29 is 9.90 Å². The Morgan fingerprint density at radius 3 is 2.69 bits per heavy atom. The Labute approximate surface area is 95.7 Å². The summed E-state index contributed by atoms with van der Waals surface area (Å²) in [5.41, 5.74) is -0.589. The van der Waals surface area contributed by atoms with Crippen molar-refractivity contribution in [2.75, 3.05) is 6.54 Å². The number of hydrogen-bond donors (Lipinski definition) is 2. The maximum absolute atomic E-state index is 11.3. The van der Waals surface area contributed by atoms with E-state index in [9.17, 15) is 9.90 Å². The van der Waals surface area contributed by atoms with Crippen LogP contribution < -0.4 is 5.32 Å². The van der Waals surface area contributed by atoms with E-state index in [1.807, 2.05) is 13.8 Å². The third-order valence-corrected chi connectivity index (χ3v) is 2.47. The second-order valence-corrected chi connectivity index (χ2v) is 4.42. The molecule has 16 heavy (non-hydrogen) atoms. The molecule has 0 aromatic carbocycles. The van der Waals surface area contributed by atoms with E-state index in [4.69, 9.17) is 0 Å². The third-order valence-electron chi connectivity index (χ3n) is 2.47. The van der Waals surface area contributed by atoms with Crippen LogP contribution in [0.3, 0.4) is 0 Å². The number of carboxylic acids is 1. The molecule has 0 saturated carbocycles. The van der Waals surface area contributed by atoms with Gasteiger partial charge in [-0.1, -0.05) is 19.9 Å². The summed E-state index contributed by atoms with van der Waals surface area (Å²) in [6.45, 7) is 6.35. The fourth-order valence-corrected chi connectivity index (χ4v) is 1.34. The zero-order chi connectivity index (χ0) is 12.2. The largest absolute Gasteiger partial charge is 0.480 e.